The molecule has 0 saturated carbocycles. The summed E-state index contributed by atoms with van der Waals surface area (Å²) in [5.41, 5.74) is 3.72. The molecule has 0 aromatic heterocycles. The van der Waals surface area contributed by atoms with Crippen LogP contribution in [-0.2, 0) is 5.41 Å². The van der Waals surface area contributed by atoms with E-state index in [0.29, 0.717) is 12.5 Å². The molecule has 2 heterocycles. The molecule has 0 radical (unpaired) electrons. The number of aliphatic hydroxyl groups is 1. The van der Waals surface area contributed by atoms with E-state index in [1.165, 1.54) is 16.7 Å². The molecule has 4 atom stereocenters. The van der Waals surface area contributed by atoms with Crippen LogP contribution in [-0.4, -0.2) is 42.9 Å². The Balaban J connectivity index is 2.03. The highest BCUT2D eigenvalue weighted by atomic mass is 16.5. The Hall–Kier alpha value is -1.52. The van der Waals surface area contributed by atoms with Crippen LogP contribution in [0.25, 0.3) is 0 Å². The SMILES string of the molecule is COc1cc(C)c2c3c1OC1C[C@@H](O)C=CC31CN(C)C2C. The lowest BCUT2D eigenvalue weighted by Crippen LogP contribution is -2.52. The summed E-state index contributed by atoms with van der Waals surface area (Å²) in [6, 6.07) is 2.43. The molecular formula is C18H23NO3. The normalized spacial score (nSPS) is 35.8. The minimum Gasteiger partial charge on any atom is -0.493 e. The van der Waals surface area contributed by atoms with Crippen molar-refractivity contribution in [3.63, 3.8) is 0 Å². The molecule has 3 unspecified atom stereocenters. The van der Waals surface area contributed by atoms with Crippen molar-refractivity contribution in [2.24, 2.45) is 0 Å². The van der Waals surface area contributed by atoms with Crippen LogP contribution in [0, 0.1) is 6.92 Å². The lowest BCUT2D eigenvalue weighted by atomic mass is 9.66. The van der Waals surface area contributed by atoms with Gasteiger partial charge in [-0.2, -0.15) is 0 Å². The molecule has 0 bridgehead atoms. The molecule has 0 fully saturated rings. The summed E-state index contributed by atoms with van der Waals surface area (Å²) in [5.74, 6) is 1.69. The van der Waals surface area contributed by atoms with Crippen molar-refractivity contribution < 1.29 is 14.6 Å². The number of ether oxygens (including phenoxy) is 2. The summed E-state index contributed by atoms with van der Waals surface area (Å²) in [4.78, 5) is 2.38. The monoisotopic (exact) mass is 301 g/mol. The van der Waals surface area contributed by atoms with E-state index < -0.39 is 6.10 Å². The minimum atomic E-state index is -0.426. The second kappa shape index (κ2) is 4.49. The molecule has 1 spiro atoms. The van der Waals surface area contributed by atoms with E-state index in [-0.39, 0.29) is 11.5 Å². The van der Waals surface area contributed by atoms with Crippen LogP contribution < -0.4 is 9.47 Å². The van der Waals surface area contributed by atoms with Crippen LogP contribution in [0.15, 0.2) is 18.2 Å². The Labute approximate surface area is 131 Å². The highest BCUT2D eigenvalue weighted by molar-refractivity contribution is 5.64. The number of hydrogen-bond acceptors (Lipinski definition) is 4. The first-order valence-corrected chi connectivity index (χ1v) is 7.94. The number of hydrogen-bond donors (Lipinski definition) is 1. The van der Waals surface area contributed by atoms with Crippen molar-refractivity contribution in [2.75, 3.05) is 20.7 Å². The van der Waals surface area contributed by atoms with Gasteiger partial charge in [0.25, 0.3) is 0 Å². The Morgan fingerprint density at radius 2 is 2.23 bits per heavy atom. The lowest BCUT2D eigenvalue weighted by Gasteiger charge is -2.45. The van der Waals surface area contributed by atoms with Crippen LogP contribution in [0.2, 0.25) is 0 Å². The average Bonchev–Trinajstić information content (AvgIpc) is 2.80. The average molecular weight is 301 g/mol. The predicted molar refractivity (Wildman–Crippen MR) is 84.6 cm³/mol. The molecular weight excluding hydrogens is 278 g/mol. The molecule has 0 saturated heterocycles. The fourth-order valence-electron chi connectivity index (χ4n) is 4.49. The molecule has 1 aromatic rings. The minimum absolute atomic E-state index is 0.0214. The summed E-state index contributed by atoms with van der Waals surface area (Å²) >= 11 is 0. The molecule has 1 aromatic carbocycles. The van der Waals surface area contributed by atoms with E-state index >= 15 is 0 Å². The van der Waals surface area contributed by atoms with Gasteiger partial charge in [0, 0.05) is 24.6 Å². The van der Waals surface area contributed by atoms with Crippen molar-refractivity contribution in [2.45, 2.75) is 43.9 Å². The Morgan fingerprint density at radius 1 is 1.45 bits per heavy atom. The maximum Gasteiger partial charge on any atom is 0.166 e. The first-order chi connectivity index (χ1) is 10.5. The molecule has 22 heavy (non-hydrogen) atoms. The van der Waals surface area contributed by atoms with E-state index in [1.807, 2.05) is 6.08 Å². The summed E-state index contributed by atoms with van der Waals surface area (Å²) in [6.07, 6.45) is 4.28. The van der Waals surface area contributed by atoms with Crippen molar-refractivity contribution in [3.8, 4) is 11.5 Å². The quantitative estimate of drug-likeness (QED) is 0.809. The summed E-state index contributed by atoms with van der Waals surface area (Å²) in [6.45, 7) is 5.31. The van der Waals surface area contributed by atoms with Crippen molar-refractivity contribution in [3.05, 3.63) is 34.9 Å². The zero-order chi connectivity index (χ0) is 15.6. The standard InChI is InChI=1S/C18H23NO3/c1-10-7-13(21-4)17-16-15(10)11(2)19(3)9-18(16)6-5-12(20)8-14(18)22-17/h5-7,11-12,14,20H,8-9H2,1-4H3/t11?,12-,14?,18?/m0/s1. The number of aryl methyl sites for hydroxylation is 1. The third-order valence-corrected chi connectivity index (χ3v) is 5.67. The maximum atomic E-state index is 10.0. The topological polar surface area (TPSA) is 41.9 Å². The Morgan fingerprint density at radius 3 is 2.95 bits per heavy atom. The molecule has 4 nitrogen and oxygen atoms in total. The van der Waals surface area contributed by atoms with Crippen molar-refractivity contribution in [1.29, 1.82) is 0 Å². The zero-order valence-electron chi connectivity index (χ0n) is 13.6. The van der Waals surface area contributed by atoms with Crippen LogP contribution >= 0.6 is 0 Å². The fourth-order valence-corrected chi connectivity index (χ4v) is 4.49. The van der Waals surface area contributed by atoms with Gasteiger partial charge in [-0.3, -0.25) is 4.90 Å². The zero-order valence-corrected chi connectivity index (χ0v) is 13.6. The fraction of sp³-hybridized carbons (Fsp3) is 0.556. The van der Waals surface area contributed by atoms with Gasteiger partial charge in [-0.25, -0.2) is 0 Å². The number of likely N-dealkylation sites (N-methyl/N-ethyl adjacent to an activating group) is 1. The highest BCUT2D eigenvalue weighted by Crippen LogP contribution is 2.57. The second-order valence-corrected chi connectivity index (χ2v) is 6.91. The van der Waals surface area contributed by atoms with Gasteiger partial charge in [-0.05, 0) is 38.1 Å². The number of rotatable bonds is 1. The van der Waals surface area contributed by atoms with Crippen LogP contribution in [0.5, 0.6) is 11.5 Å². The van der Waals surface area contributed by atoms with Crippen LogP contribution in [0.1, 0.15) is 36.1 Å². The van der Waals surface area contributed by atoms with Gasteiger partial charge < -0.3 is 14.6 Å². The number of benzene rings is 1. The second-order valence-electron chi connectivity index (χ2n) is 6.91. The molecule has 0 amide bonds. The predicted octanol–water partition coefficient (Wildman–Crippen LogP) is 2.33. The molecule has 4 rings (SSSR count). The molecule has 1 N–H and O–H groups in total. The third kappa shape index (κ3) is 1.60. The van der Waals surface area contributed by atoms with Gasteiger partial charge in [0.1, 0.15) is 6.10 Å². The van der Waals surface area contributed by atoms with Crippen LogP contribution in [0.4, 0.5) is 0 Å². The molecule has 4 heteroatoms. The van der Waals surface area contributed by atoms with E-state index in [1.54, 1.807) is 7.11 Å². The largest absolute Gasteiger partial charge is 0.493 e. The summed E-state index contributed by atoms with van der Waals surface area (Å²) in [7, 11) is 3.86. The summed E-state index contributed by atoms with van der Waals surface area (Å²) < 4.78 is 11.9. The van der Waals surface area contributed by atoms with Crippen molar-refractivity contribution in [1.82, 2.24) is 4.90 Å². The van der Waals surface area contributed by atoms with Crippen LogP contribution in [0.3, 0.4) is 0 Å². The smallest absolute Gasteiger partial charge is 0.166 e. The van der Waals surface area contributed by atoms with Gasteiger partial charge in [0.2, 0.25) is 0 Å². The van der Waals surface area contributed by atoms with E-state index in [0.717, 1.165) is 18.0 Å². The van der Waals surface area contributed by atoms with E-state index in [9.17, 15) is 5.11 Å². The summed E-state index contributed by atoms with van der Waals surface area (Å²) in [5, 5.41) is 10.0. The highest BCUT2D eigenvalue weighted by Gasteiger charge is 2.55. The maximum absolute atomic E-state index is 10.0. The van der Waals surface area contributed by atoms with Gasteiger partial charge in [0.15, 0.2) is 11.5 Å². The number of aliphatic hydroxyl groups excluding tert-OH is 1. The third-order valence-electron chi connectivity index (χ3n) is 5.67. The first-order valence-electron chi connectivity index (χ1n) is 7.94. The Bertz CT molecular complexity index is 669. The van der Waals surface area contributed by atoms with E-state index in [4.69, 9.17) is 9.47 Å². The van der Waals surface area contributed by atoms with Gasteiger partial charge in [0.05, 0.1) is 18.6 Å². The van der Waals surface area contributed by atoms with Gasteiger partial charge in [-0.15, -0.1) is 0 Å². The molecule has 3 aliphatic rings. The molecule has 2 aliphatic heterocycles. The number of nitrogens with zero attached hydrogens (tertiary/aromatic N) is 1. The van der Waals surface area contributed by atoms with E-state index in [2.05, 4.69) is 37.9 Å². The Kier molecular flexibility index (Phi) is 2.88. The molecule has 118 valence electrons. The number of methoxy groups -OCH3 is 1. The van der Waals surface area contributed by atoms with Gasteiger partial charge >= 0.3 is 0 Å². The van der Waals surface area contributed by atoms with Crippen molar-refractivity contribution >= 4 is 0 Å². The van der Waals surface area contributed by atoms with Gasteiger partial charge in [-0.1, -0.05) is 12.2 Å². The first kappa shape index (κ1) is 14.1. The molecule has 1 aliphatic carbocycles. The lowest BCUT2D eigenvalue weighted by molar-refractivity contribution is 0.0631.